The van der Waals surface area contributed by atoms with Crippen LogP contribution in [0.3, 0.4) is 0 Å². The zero-order chi connectivity index (χ0) is 20.9. The smallest absolute Gasteiger partial charge is 0.251 e. The molecule has 2 aromatic carbocycles. The molecule has 0 saturated carbocycles. The molecule has 0 spiro atoms. The molecule has 1 aliphatic rings. The van der Waals surface area contributed by atoms with Gasteiger partial charge >= 0.3 is 0 Å². The van der Waals surface area contributed by atoms with E-state index >= 15 is 0 Å². The molecule has 1 amide bonds. The molecule has 1 aliphatic heterocycles. The van der Waals surface area contributed by atoms with Crippen molar-refractivity contribution < 1.29 is 17.9 Å². The molecule has 0 aromatic heterocycles. The van der Waals surface area contributed by atoms with Crippen LogP contribution >= 0.6 is 0 Å². The van der Waals surface area contributed by atoms with E-state index in [-0.39, 0.29) is 10.8 Å². The Hall–Kier alpha value is -2.38. The van der Waals surface area contributed by atoms with Crippen molar-refractivity contribution in [3.8, 4) is 5.75 Å². The molecular weight excluding hydrogens is 388 g/mol. The number of nitrogens with one attached hydrogen (secondary N) is 1. The molecule has 7 heteroatoms. The summed E-state index contributed by atoms with van der Waals surface area (Å²) in [4.78, 5) is 12.6. The molecule has 6 nitrogen and oxygen atoms in total. The highest BCUT2D eigenvalue weighted by Gasteiger charge is 2.25. The van der Waals surface area contributed by atoms with Gasteiger partial charge in [0.25, 0.3) is 5.91 Å². The first-order chi connectivity index (χ1) is 13.9. The molecule has 0 radical (unpaired) electrons. The summed E-state index contributed by atoms with van der Waals surface area (Å²) in [6, 6.07) is 12.2. The second kappa shape index (κ2) is 9.41. The summed E-state index contributed by atoms with van der Waals surface area (Å²) in [6.45, 7) is 5.69. The first kappa shape index (κ1) is 21.3. The van der Waals surface area contributed by atoms with Gasteiger partial charge in [0.1, 0.15) is 12.4 Å². The van der Waals surface area contributed by atoms with Crippen molar-refractivity contribution in [1.82, 2.24) is 9.62 Å². The number of carbonyl (C=O) groups is 1. The maximum Gasteiger partial charge on any atom is 0.251 e. The Morgan fingerprint density at radius 3 is 2.41 bits per heavy atom. The van der Waals surface area contributed by atoms with Gasteiger partial charge in [0.15, 0.2) is 0 Å². The van der Waals surface area contributed by atoms with Gasteiger partial charge in [-0.2, -0.15) is 4.31 Å². The third kappa shape index (κ3) is 5.36. The lowest BCUT2D eigenvalue weighted by atomic mass is 10.1. The number of carbonyl (C=O) groups excluding carboxylic acids is 1. The molecule has 2 aromatic rings. The van der Waals surface area contributed by atoms with E-state index in [1.165, 1.54) is 0 Å². The second-order valence-electron chi connectivity index (χ2n) is 7.36. The number of ether oxygens (including phenoxy) is 1. The third-order valence-corrected chi connectivity index (χ3v) is 6.98. The molecule has 0 bridgehead atoms. The number of benzene rings is 2. The monoisotopic (exact) mass is 416 g/mol. The van der Waals surface area contributed by atoms with Crippen molar-refractivity contribution in [2.45, 2.75) is 38.0 Å². The van der Waals surface area contributed by atoms with E-state index in [1.54, 1.807) is 28.6 Å². The van der Waals surface area contributed by atoms with Crippen LogP contribution in [0.1, 0.15) is 40.7 Å². The van der Waals surface area contributed by atoms with Gasteiger partial charge in [0.2, 0.25) is 10.0 Å². The normalized spacial score (nSPS) is 15.1. The lowest BCUT2D eigenvalue weighted by Gasteiger charge is -2.25. The Morgan fingerprint density at radius 1 is 1.03 bits per heavy atom. The topological polar surface area (TPSA) is 75.7 Å². The van der Waals surface area contributed by atoms with Gasteiger partial charge in [-0.15, -0.1) is 0 Å². The third-order valence-electron chi connectivity index (χ3n) is 5.07. The fourth-order valence-electron chi connectivity index (χ4n) is 3.37. The van der Waals surface area contributed by atoms with Crippen LogP contribution in [0.15, 0.2) is 47.4 Å². The summed E-state index contributed by atoms with van der Waals surface area (Å²) in [7, 11) is -3.43. The van der Waals surface area contributed by atoms with Gasteiger partial charge in [0, 0.05) is 18.7 Å². The molecule has 0 aliphatic carbocycles. The van der Waals surface area contributed by atoms with Crippen LogP contribution in [0, 0.1) is 13.8 Å². The van der Waals surface area contributed by atoms with E-state index in [0.29, 0.717) is 37.6 Å². The lowest BCUT2D eigenvalue weighted by Crippen LogP contribution is -2.35. The standard InChI is InChI=1S/C22H28N2O4S/c1-17-6-7-18(2)21(16-17)22(25)23-12-15-28-19-8-10-20(11-9-19)29(26,27)24-13-4-3-5-14-24/h6-11,16H,3-5,12-15H2,1-2H3,(H,23,25). The zero-order valence-electron chi connectivity index (χ0n) is 17.0. The predicted octanol–water partition coefficient (Wildman–Crippen LogP) is 3.29. The van der Waals surface area contributed by atoms with Crippen LogP contribution in [0.4, 0.5) is 0 Å². The first-order valence-corrected chi connectivity index (χ1v) is 11.4. The molecule has 1 heterocycles. The quantitative estimate of drug-likeness (QED) is 0.703. The number of piperidine rings is 1. The summed E-state index contributed by atoms with van der Waals surface area (Å²) in [5, 5.41) is 2.85. The molecule has 3 rings (SSSR count). The van der Waals surface area contributed by atoms with Crippen molar-refractivity contribution in [3.05, 3.63) is 59.2 Å². The van der Waals surface area contributed by atoms with Gasteiger partial charge in [-0.1, -0.05) is 24.1 Å². The minimum atomic E-state index is -3.43. The number of hydrogen-bond donors (Lipinski definition) is 1. The highest BCUT2D eigenvalue weighted by molar-refractivity contribution is 7.89. The fourth-order valence-corrected chi connectivity index (χ4v) is 4.89. The van der Waals surface area contributed by atoms with Gasteiger partial charge in [-0.05, 0) is 62.6 Å². The van der Waals surface area contributed by atoms with Crippen molar-refractivity contribution in [3.63, 3.8) is 0 Å². The number of sulfonamides is 1. The molecule has 1 N–H and O–H groups in total. The Morgan fingerprint density at radius 2 is 1.72 bits per heavy atom. The average Bonchev–Trinajstić information content (AvgIpc) is 2.73. The van der Waals surface area contributed by atoms with Crippen LogP contribution in [0.5, 0.6) is 5.75 Å². The Labute approximate surface area is 172 Å². The summed E-state index contributed by atoms with van der Waals surface area (Å²) in [5.74, 6) is 0.446. The van der Waals surface area contributed by atoms with Crippen LogP contribution in [-0.4, -0.2) is 44.9 Å². The van der Waals surface area contributed by atoms with Crippen molar-refractivity contribution in [2.75, 3.05) is 26.2 Å². The van der Waals surface area contributed by atoms with Crippen molar-refractivity contribution in [2.24, 2.45) is 0 Å². The van der Waals surface area contributed by atoms with Gasteiger partial charge in [0.05, 0.1) is 11.4 Å². The largest absolute Gasteiger partial charge is 0.492 e. The summed E-state index contributed by atoms with van der Waals surface area (Å²) < 4.78 is 32.5. The maximum absolute atomic E-state index is 12.7. The molecular formula is C22H28N2O4S. The van der Waals surface area contributed by atoms with E-state index in [0.717, 1.165) is 30.4 Å². The summed E-state index contributed by atoms with van der Waals surface area (Å²) >= 11 is 0. The van der Waals surface area contributed by atoms with Crippen LogP contribution in [-0.2, 0) is 10.0 Å². The van der Waals surface area contributed by atoms with Crippen LogP contribution < -0.4 is 10.1 Å². The number of aryl methyl sites for hydroxylation is 2. The van der Waals surface area contributed by atoms with Gasteiger partial charge in [-0.25, -0.2) is 8.42 Å². The highest BCUT2D eigenvalue weighted by atomic mass is 32.2. The predicted molar refractivity (Wildman–Crippen MR) is 113 cm³/mol. The maximum atomic E-state index is 12.7. The minimum Gasteiger partial charge on any atom is -0.492 e. The number of amides is 1. The molecule has 0 unspecified atom stereocenters. The zero-order valence-corrected chi connectivity index (χ0v) is 17.8. The van der Waals surface area contributed by atoms with Crippen LogP contribution in [0.2, 0.25) is 0 Å². The highest BCUT2D eigenvalue weighted by Crippen LogP contribution is 2.22. The second-order valence-corrected chi connectivity index (χ2v) is 9.30. The van der Waals surface area contributed by atoms with Gasteiger partial charge in [-0.3, -0.25) is 4.79 Å². The average molecular weight is 417 g/mol. The van der Waals surface area contributed by atoms with Crippen LogP contribution in [0.25, 0.3) is 0 Å². The summed E-state index contributed by atoms with van der Waals surface area (Å²) in [6.07, 6.45) is 2.90. The van der Waals surface area contributed by atoms with E-state index in [2.05, 4.69) is 5.32 Å². The number of hydrogen-bond acceptors (Lipinski definition) is 4. The lowest BCUT2D eigenvalue weighted by molar-refractivity contribution is 0.0946. The molecule has 156 valence electrons. The Kier molecular flexibility index (Phi) is 6.92. The molecule has 29 heavy (non-hydrogen) atoms. The van der Waals surface area contributed by atoms with E-state index in [1.807, 2.05) is 32.0 Å². The molecule has 1 saturated heterocycles. The van der Waals surface area contributed by atoms with E-state index in [9.17, 15) is 13.2 Å². The molecule has 1 fully saturated rings. The minimum absolute atomic E-state index is 0.127. The summed E-state index contributed by atoms with van der Waals surface area (Å²) in [5.41, 5.74) is 2.63. The Bertz CT molecular complexity index is 949. The SMILES string of the molecule is Cc1ccc(C)c(C(=O)NCCOc2ccc(S(=O)(=O)N3CCCCC3)cc2)c1. The van der Waals surface area contributed by atoms with Gasteiger partial charge < -0.3 is 10.1 Å². The van der Waals surface area contributed by atoms with E-state index in [4.69, 9.17) is 4.74 Å². The molecule has 0 atom stereocenters. The van der Waals surface area contributed by atoms with E-state index < -0.39 is 10.0 Å². The van der Waals surface area contributed by atoms with Crippen molar-refractivity contribution >= 4 is 15.9 Å². The van der Waals surface area contributed by atoms with Crippen molar-refractivity contribution in [1.29, 1.82) is 0 Å². The fraction of sp³-hybridized carbons (Fsp3) is 0.409. The number of rotatable bonds is 7. The first-order valence-electron chi connectivity index (χ1n) is 9.96. The Balaban J connectivity index is 1.50. The number of nitrogens with zero attached hydrogens (tertiary/aromatic N) is 1.